The fraction of sp³-hybridized carbons (Fsp3) is 0.381. The largest absolute Gasteiger partial charge is 0.379 e. The van der Waals surface area contributed by atoms with E-state index in [2.05, 4.69) is 5.32 Å². The van der Waals surface area contributed by atoms with E-state index < -0.39 is 32.2 Å². The van der Waals surface area contributed by atoms with Crippen LogP contribution >= 0.6 is 23.2 Å². The van der Waals surface area contributed by atoms with Gasteiger partial charge in [0, 0.05) is 25.8 Å². The number of rotatable bonds is 7. The summed E-state index contributed by atoms with van der Waals surface area (Å²) in [6.45, 7) is 1.94. The van der Waals surface area contributed by atoms with Gasteiger partial charge in [-0.15, -0.1) is 0 Å². The third-order valence-corrected chi connectivity index (χ3v) is 8.52. The lowest BCUT2D eigenvalue weighted by Gasteiger charge is -2.47. The highest BCUT2D eigenvalue weighted by Crippen LogP contribution is 2.50. The first-order valence-corrected chi connectivity index (χ1v) is 11.6. The molecule has 6 nitrogen and oxygen atoms in total. The van der Waals surface area contributed by atoms with Gasteiger partial charge in [-0.25, -0.2) is 0 Å². The van der Waals surface area contributed by atoms with Gasteiger partial charge in [0.25, 0.3) is 10.1 Å². The Morgan fingerprint density at radius 2 is 1.90 bits per heavy atom. The number of hydrogen-bond donors (Lipinski definition) is 2. The zero-order valence-electron chi connectivity index (χ0n) is 16.6. The van der Waals surface area contributed by atoms with Crippen LogP contribution in [-0.2, 0) is 20.3 Å². The molecule has 0 saturated carbocycles. The summed E-state index contributed by atoms with van der Waals surface area (Å²) < 4.78 is 40.2. The van der Waals surface area contributed by atoms with Gasteiger partial charge in [0.2, 0.25) is 0 Å². The maximum atomic E-state index is 13.8. The van der Waals surface area contributed by atoms with E-state index in [0.29, 0.717) is 10.6 Å². The van der Waals surface area contributed by atoms with E-state index in [1.165, 1.54) is 25.3 Å². The first-order chi connectivity index (χ1) is 14.2. The number of hydrogen-bond acceptors (Lipinski definition) is 5. The van der Waals surface area contributed by atoms with E-state index >= 15 is 0 Å². The Bertz CT molecular complexity index is 1050. The van der Waals surface area contributed by atoms with Crippen LogP contribution < -0.4 is 5.32 Å². The van der Waals surface area contributed by atoms with Crippen molar-refractivity contribution in [3.63, 3.8) is 0 Å². The van der Waals surface area contributed by atoms with Crippen molar-refractivity contribution >= 4 is 39.1 Å². The van der Waals surface area contributed by atoms with E-state index in [1.807, 2.05) is 0 Å². The van der Waals surface area contributed by atoms with Crippen LogP contribution in [0.3, 0.4) is 0 Å². The normalized spacial score (nSPS) is 23.8. The van der Waals surface area contributed by atoms with Crippen LogP contribution in [0, 0.1) is 0 Å². The summed E-state index contributed by atoms with van der Waals surface area (Å²) in [6.07, 6.45) is -0.911. The summed E-state index contributed by atoms with van der Waals surface area (Å²) in [5, 5.41) is 3.64. The molecule has 0 amide bonds. The highest BCUT2D eigenvalue weighted by Gasteiger charge is 2.68. The molecule has 3 unspecified atom stereocenters. The molecule has 30 heavy (non-hydrogen) atoms. The Morgan fingerprint density at radius 1 is 1.23 bits per heavy atom. The van der Waals surface area contributed by atoms with Gasteiger partial charge >= 0.3 is 0 Å². The third-order valence-electron chi connectivity index (χ3n) is 6.06. The number of ether oxygens (including phenoxy) is 1. The molecule has 0 bridgehead atoms. The molecule has 0 aromatic heterocycles. The SMILES string of the molecule is CCC(C(=O)c1ccccc1)(C1(c2ccc(Cl)c(Cl)c2)CNCC1OC)S(=O)(=O)O. The number of halogens is 2. The molecular formula is C21H23Cl2NO5S. The lowest BCUT2D eigenvalue weighted by molar-refractivity contribution is 0.0370. The smallest absolute Gasteiger partial charge is 0.279 e. The van der Waals surface area contributed by atoms with Crippen molar-refractivity contribution in [1.29, 1.82) is 0 Å². The standard InChI is InChI=1S/C21H23Cl2NO5S/c1-3-21(30(26,27)28,19(25)14-7-5-4-6-8-14)20(13-24-12-18(20)29-2)15-9-10-16(22)17(23)11-15/h4-11,18,24H,3,12-13H2,1-2H3,(H,26,27,28). The highest BCUT2D eigenvalue weighted by molar-refractivity contribution is 7.88. The molecule has 2 N–H and O–H groups in total. The number of methoxy groups -OCH3 is 1. The van der Waals surface area contributed by atoms with Crippen molar-refractivity contribution < 1.29 is 22.5 Å². The van der Waals surface area contributed by atoms with Crippen molar-refractivity contribution in [3.05, 3.63) is 69.7 Å². The Hall–Kier alpha value is -1.48. The lowest BCUT2D eigenvalue weighted by Crippen LogP contribution is -2.66. The second kappa shape index (κ2) is 8.57. The molecule has 162 valence electrons. The minimum Gasteiger partial charge on any atom is -0.379 e. The predicted molar refractivity (Wildman–Crippen MR) is 117 cm³/mol. The molecule has 1 heterocycles. The molecule has 2 aromatic rings. The molecule has 1 saturated heterocycles. The Morgan fingerprint density at radius 3 is 2.43 bits per heavy atom. The molecule has 2 aromatic carbocycles. The van der Waals surface area contributed by atoms with E-state index in [1.54, 1.807) is 37.3 Å². The fourth-order valence-corrected chi connectivity index (χ4v) is 6.50. The first kappa shape index (κ1) is 23.2. The number of ketones is 1. The molecule has 1 aliphatic heterocycles. The summed E-state index contributed by atoms with van der Waals surface area (Å²) in [5.74, 6) is -0.704. The van der Waals surface area contributed by atoms with Crippen molar-refractivity contribution in [3.8, 4) is 0 Å². The van der Waals surface area contributed by atoms with Crippen LogP contribution in [0.4, 0.5) is 0 Å². The zero-order valence-corrected chi connectivity index (χ0v) is 18.9. The van der Waals surface area contributed by atoms with E-state index in [4.69, 9.17) is 27.9 Å². The Labute approximate surface area is 186 Å². The lowest BCUT2D eigenvalue weighted by atomic mass is 9.63. The summed E-state index contributed by atoms with van der Waals surface area (Å²) in [6, 6.07) is 12.8. The van der Waals surface area contributed by atoms with Gasteiger partial charge in [-0.05, 0) is 24.1 Å². The minimum absolute atomic E-state index is 0.0790. The topological polar surface area (TPSA) is 92.7 Å². The van der Waals surface area contributed by atoms with Crippen molar-refractivity contribution in [2.45, 2.75) is 29.6 Å². The maximum Gasteiger partial charge on any atom is 0.279 e. The van der Waals surface area contributed by atoms with Gasteiger partial charge in [0.05, 0.1) is 21.6 Å². The second-order valence-electron chi connectivity index (χ2n) is 7.31. The van der Waals surface area contributed by atoms with Gasteiger partial charge in [0.1, 0.15) is 0 Å². The monoisotopic (exact) mass is 471 g/mol. The van der Waals surface area contributed by atoms with Crippen LogP contribution in [0.5, 0.6) is 0 Å². The molecular weight excluding hydrogens is 449 g/mol. The van der Waals surface area contributed by atoms with Gasteiger partial charge in [-0.1, -0.05) is 66.5 Å². The van der Waals surface area contributed by atoms with Crippen LogP contribution in [-0.4, -0.2) is 49.8 Å². The quantitative estimate of drug-likeness (QED) is 0.471. The zero-order chi connectivity index (χ0) is 22.2. The molecule has 1 fully saturated rings. The summed E-state index contributed by atoms with van der Waals surface area (Å²) in [7, 11) is -3.48. The molecule has 0 aliphatic carbocycles. The molecule has 3 rings (SSSR count). The number of benzene rings is 2. The number of nitrogens with one attached hydrogen (secondary N) is 1. The van der Waals surface area contributed by atoms with Crippen molar-refractivity contribution in [1.82, 2.24) is 5.32 Å². The summed E-state index contributed by atoms with van der Waals surface area (Å²) >= 11 is 12.3. The Kier molecular flexibility index (Phi) is 6.63. The van der Waals surface area contributed by atoms with Crippen LogP contribution in [0.2, 0.25) is 10.0 Å². The average Bonchev–Trinajstić information content (AvgIpc) is 3.15. The number of carbonyl (C=O) groups is 1. The van der Waals surface area contributed by atoms with Gasteiger partial charge < -0.3 is 10.1 Å². The summed E-state index contributed by atoms with van der Waals surface area (Å²) in [4.78, 5) is 13.8. The maximum absolute atomic E-state index is 13.8. The number of carbonyl (C=O) groups excluding carboxylic acids is 1. The number of Topliss-reactive ketones (excluding diaryl/α,β-unsaturated/α-hetero) is 1. The van der Waals surface area contributed by atoms with Crippen LogP contribution in [0.25, 0.3) is 0 Å². The second-order valence-corrected chi connectivity index (χ2v) is 9.77. The molecule has 3 atom stereocenters. The Balaban J connectivity index is 2.42. The molecule has 1 aliphatic rings. The van der Waals surface area contributed by atoms with Crippen molar-refractivity contribution in [2.24, 2.45) is 0 Å². The van der Waals surface area contributed by atoms with E-state index in [0.717, 1.165) is 0 Å². The fourth-order valence-electron chi connectivity index (χ4n) is 4.70. The third kappa shape index (κ3) is 3.38. The highest BCUT2D eigenvalue weighted by atomic mass is 35.5. The predicted octanol–water partition coefficient (Wildman–Crippen LogP) is 3.77. The van der Waals surface area contributed by atoms with Gasteiger partial charge in [0.15, 0.2) is 10.5 Å². The van der Waals surface area contributed by atoms with Gasteiger partial charge in [-0.3, -0.25) is 9.35 Å². The van der Waals surface area contributed by atoms with Gasteiger partial charge in [-0.2, -0.15) is 8.42 Å². The minimum atomic E-state index is -4.93. The first-order valence-electron chi connectivity index (χ1n) is 9.41. The summed E-state index contributed by atoms with van der Waals surface area (Å²) in [5.41, 5.74) is -0.832. The van der Waals surface area contributed by atoms with E-state index in [-0.39, 0.29) is 30.1 Å². The molecule has 0 spiro atoms. The van der Waals surface area contributed by atoms with Crippen LogP contribution in [0.15, 0.2) is 48.5 Å². The van der Waals surface area contributed by atoms with E-state index in [9.17, 15) is 17.8 Å². The molecule has 0 radical (unpaired) electrons. The van der Waals surface area contributed by atoms with Crippen molar-refractivity contribution in [2.75, 3.05) is 20.2 Å². The molecule has 9 heteroatoms. The average molecular weight is 472 g/mol. The van der Waals surface area contributed by atoms with Crippen LogP contribution in [0.1, 0.15) is 29.3 Å².